The standard InChI is InChI=1S/C17H19NO2/c1-12-4-5-13(2)16(10-12)17(19)18-11-14-6-8-15(20-3)9-7-14/h4-10H,11H2,1-3H3,(H,18,19). The molecule has 0 aliphatic carbocycles. The molecule has 1 amide bonds. The van der Waals surface area contributed by atoms with Gasteiger partial charge in [0.1, 0.15) is 5.75 Å². The number of carbonyl (C=O) groups excluding carboxylic acids is 1. The number of amides is 1. The second-order valence-electron chi connectivity index (χ2n) is 4.85. The molecule has 3 heteroatoms. The Bertz CT molecular complexity index is 603. The van der Waals surface area contributed by atoms with E-state index in [0.29, 0.717) is 6.54 Å². The Kier molecular flexibility index (Phi) is 4.41. The lowest BCUT2D eigenvalue weighted by atomic mass is 10.0. The molecule has 0 saturated carbocycles. The zero-order valence-corrected chi connectivity index (χ0v) is 12.1. The van der Waals surface area contributed by atoms with E-state index in [1.165, 1.54) is 0 Å². The summed E-state index contributed by atoms with van der Waals surface area (Å²) in [6.45, 7) is 4.44. The number of nitrogens with one attached hydrogen (secondary N) is 1. The van der Waals surface area contributed by atoms with E-state index in [1.807, 2.05) is 56.3 Å². The molecule has 2 rings (SSSR count). The summed E-state index contributed by atoms with van der Waals surface area (Å²) in [5, 5.41) is 2.94. The molecule has 1 N–H and O–H groups in total. The Hall–Kier alpha value is -2.29. The Balaban J connectivity index is 2.02. The number of carbonyl (C=O) groups is 1. The second kappa shape index (κ2) is 6.24. The van der Waals surface area contributed by atoms with Crippen molar-refractivity contribution in [2.75, 3.05) is 7.11 Å². The minimum atomic E-state index is -0.0398. The zero-order valence-electron chi connectivity index (χ0n) is 12.1. The number of benzene rings is 2. The fraction of sp³-hybridized carbons (Fsp3) is 0.235. The van der Waals surface area contributed by atoms with Gasteiger partial charge in [0.25, 0.3) is 5.91 Å². The third-order valence-electron chi connectivity index (χ3n) is 3.25. The van der Waals surface area contributed by atoms with Gasteiger partial charge in [-0.25, -0.2) is 0 Å². The molecule has 0 aliphatic rings. The van der Waals surface area contributed by atoms with E-state index < -0.39 is 0 Å². The van der Waals surface area contributed by atoms with Gasteiger partial charge in [0.2, 0.25) is 0 Å². The first kappa shape index (κ1) is 14.1. The molecule has 0 aromatic heterocycles. The Morgan fingerprint density at radius 3 is 2.45 bits per heavy atom. The van der Waals surface area contributed by atoms with Gasteiger partial charge in [-0.05, 0) is 43.2 Å². The van der Waals surface area contributed by atoms with Crippen LogP contribution in [0.3, 0.4) is 0 Å². The van der Waals surface area contributed by atoms with Crippen LogP contribution < -0.4 is 10.1 Å². The highest BCUT2D eigenvalue weighted by atomic mass is 16.5. The van der Waals surface area contributed by atoms with Crippen LogP contribution in [0.15, 0.2) is 42.5 Å². The largest absolute Gasteiger partial charge is 0.497 e. The third kappa shape index (κ3) is 3.38. The summed E-state index contributed by atoms with van der Waals surface area (Å²) in [6, 6.07) is 13.6. The predicted octanol–water partition coefficient (Wildman–Crippen LogP) is 3.24. The summed E-state index contributed by atoms with van der Waals surface area (Å²) in [5.41, 5.74) is 3.86. The van der Waals surface area contributed by atoms with Crippen molar-refractivity contribution < 1.29 is 9.53 Å². The maximum atomic E-state index is 12.2. The monoisotopic (exact) mass is 269 g/mol. The molecule has 104 valence electrons. The number of hydrogen-bond acceptors (Lipinski definition) is 2. The van der Waals surface area contributed by atoms with Crippen LogP contribution in [0, 0.1) is 13.8 Å². The highest BCUT2D eigenvalue weighted by molar-refractivity contribution is 5.95. The van der Waals surface area contributed by atoms with Crippen LogP contribution in [0.25, 0.3) is 0 Å². The Morgan fingerprint density at radius 1 is 1.10 bits per heavy atom. The molecule has 0 atom stereocenters. The van der Waals surface area contributed by atoms with Crippen molar-refractivity contribution >= 4 is 5.91 Å². The second-order valence-corrected chi connectivity index (χ2v) is 4.85. The lowest BCUT2D eigenvalue weighted by molar-refractivity contribution is 0.0950. The SMILES string of the molecule is COc1ccc(CNC(=O)c2cc(C)ccc2C)cc1. The molecule has 0 aliphatic heterocycles. The van der Waals surface area contributed by atoms with Gasteiger partial charge >= 0.3 is 0 Å². The van der Waals surface area contributed by atoms with E-state index >= 15 is 0 Å². The van der Waals surface area contributed by atoms with Crippen LogP contribution in [0.5, 0.6) is 5.75 Å². The highest BCUT2D eigenvalue weighted by Gasteiger charge is 2.08. The van der Waals surface area contributed by atoms with Gasteiger partial charge in [0.05, 0.1) is 7.11 Å². The number of aryl methyl sites for hydroxylation is 2. The van der Waals surface area contributed by atoms with E-state index in [-0.39, 0.29) is 5.91 Å². The number of methoxy groups -OCH3 is 1. The van der Waals surface area contributed by atoms with Crippen LogP contribution in [0.1, 0.15) is 27.0 Å². The average Bonchev–Trinajstić information content (AvgIpc) is 2.47. The van der Waals surface area contributed by atoms with Gasteiger partial charge in [-0.1, -0.05) is 29.8 Å². The first-order chi connectivity index (χ1) is 9.60. The average molecular weight is 269 g/mol. The Labute approximate surface area is 119 Å². The number of hydrogen-bond donors (Lipinski definition) is 1. The topological polar surface area (TPSA) is 38.3 Å². The maximum absolute atomic E-state index is 12.2. The number of ether oxygens (including phenoxy) is 1. The summed E-state index contributed by atoms with van der Waals surface area (Å²) in [5.74, 6) is 0.775. The van der Waals surface area contributed by atoms with Crippen LogP contribution in [0.4, 0.5) is 0 Å². The fourth-order valence-corrected chi connectivity index (χ4v) is 2.00. The van der Waals surface area contributed by atoms with Gasteiger partial charge in [0, 0.05) is 12.1 Å². The molecule has 2 aromatic carbocycles. The van der Waals surface area contributed by atoms with Crippen LogP contribution in [-0.2, 0) is 6.54 Å². The quantitative estimate of drug-likeness (QED) is 0.925. The lowest BCUT2D eigenvalue weighted by Crippen LogP contribution is -2.23. The van der Waals surface area contributed by atoms with Crippen molar-refractivity contribution in [1.82, 2.24) is 5.32 Å². The summed E-state index contributed by atoms with van der Waals surface area (Å²) < 4.78 is 5.11. The minimum absolute atomic E-state index is 0.0398. The van der Waals surface area contributed by atoms with Crippen LogP contribution in [0.2, 0.25) is 0 Å². The van der Waals surface area contributed by atoms with Crippen molar-refractivity contribution in [2.24, 2.45) is 0 Å². The summed E-state index contributed by atoms with van der Waals surface area (Å²) in [6.07, 6.45) is 0. The van der Waals surface area contributed by atoms with Crippen LogP contribution >= 0.6 is 0 Å². The number of rotatable bonds is 4. The van der Waals surface area contributed by atoms with Crippen LogP contribution in [-0.4, -0.2) is 13.0 Å². The first-order valence-corrected chi connectivity index (χ1v) is 6.58. The molecular weight excluding hydrogens is 250 g/mol. The highest BCUT2D eigenvalue weighted by Crippen LogP contribution is 2.13. The van der Waals surface area contributed by atoms with Crippen molar-refractivity contribution in [3.05, 3.63) is 64.7 Å². The van der Waals surface area contributed by atoms with Gasteiger partial charge < -0.3 is 10.1 Å². The lowest BCUT2D eigenvalue weighted by Gasteiger charge is -2.09. The van der Waals surface area contributed by atoms with Gasteiger partial charge in [-0.3, -0.25) is 4.79 Å². The van der Waals surface area contributed by atoms with Crippen molar-refractivity contribution in [1.29, 1.82) is 0 Å². The molecule has 0 bridgehead atoms. The van der Waals surface area contributed by atoms with Gasteiger partial charge in [-0.2, -0.15) is 0 Å². The molecule has 2 aromatic rings. The van der Waals surface area contributed by atoms with Gasteiger partial charge in [-0.15, -0.1) is 0 Å². The zero-order chi connectivity index (χ0) is 14.5. The van der Waals surface area contributed by atoms with Gasteiger partial charge in [0.15, 0.2) is 0 Å². The third-order valence-corrected chi connectivity index (χ3v) is 3.25. The molecule has 20 heavy (non-hydrogen) atoms. The normalized spacial score (nSPS) is 10.2. The maximum Gasteiger partial charge on any atom is 0.251 e. The summed E-state index contributed by atoms with van der Waals surface area (Å²) in [7, 11) is 1.64. The van der Waals surface area contributed by atoms with Crippen molar-refractivity contribution in [3.63, 3.8) is 0 Å². The van der Waals surface area contributed by atoms with Crippen molar-refractivity contribution in [3.8, 4) is 5.75 Å². The van der Waals surface area contributed by atoms with E-state index in [2.05, 4.69) is 5.32 Å². The van der Waals surface area contributed by atoms with E-state index in [9.17, 15) is 4.79 Å². The van der Waals surface area contributed by atoms with E-state index in [0.717, 1.165) is 28.0 Å². The predicted molar refractivity (Wildman–Crippen MR) is 80.1 cm³/mol. The molecule has 0 spiro atoms. The van der Waals surface area contributed by atoms with E-state index in [1.54, 1.807) is 7.11 Å². The summed E-state index contributed by atoms with van der Waals surface area (Å²) in [4.78, 5) is 12.2. The summed E-state index contributed by atoms with van der Waals surface area (Å²) >= 11 is 0. The van der Waals surface area contributed by atoms with E-state index in [4.69, 9.17) is 4.74 Å². The molecule has 0 unspecified atom stereocenters. The molecule has 3 nitrogen and oxygen atoms in total. The molecule has 0 heterocycles. The fourth-order valence-electron chi connectivity index (χ4n) is 2.00. The Morgan fingerprint density at radius 2 is 1.80 bits per heavy atom. The molecule has 0 fully saturated rings. The van der Waals surface area contributed by atoms with Crippen molar-refractivity contribution in [2.45, 2.75) is 20.4 Å². The molecular formula is C17H19NO2. The minimum Gasteiger partial charge on any atom is -0.497 e. The molecule has 0 radical (unpaired) electrons. The molecule has 0 saturated heterocycles. The smallest absolute Gasteiger partial charge is 0.251 e. The first-order valence-electron chi connectivity index (χ1n) is 6.58.